The van der Waals surface area contributed by atoms with Crippen LogP contribution in [0.1, 0.15) is 26.3 Å². The lowest BCUT2D eigenvalue weighted by Crippen LogP contribution is -2.22. The average molecular weight is 410 g/mol. The third-order valence-electron chi connectivity index (χ3n) is 3.86. The Hall–Kier alpha value is -3.65. The first-order valence-electron chi connectivity index (χ1n) is 8.64. The third-order valence-corrected chi connectivity index (χ3v) is 4.69. The summed E-state index contributed by atoms with van der Waals surface area (Å²) in [5.41, 5.74) is 6.75. The molecule has 29 heavy (non-hydrogen) atoms. The largest absolute Gasteiger partial charge is 0.489 e. The summed E-state index contributed by atoms with van der Waals surface area (Å²) in [6, 6.07) is 17.7. The Kier molecular flexibility index (Phi) is 6.59. The van der Waals surface area contributed by atoms with Crippen molar-refractivity contribution < 1.29 is 23.9 Å². The van der Waals surface area contributed by atoms with Gasteiger partial charge in [0, 0.05) is 0 Å². The van der Waals surface area contributed by atoms with E-state index in [1.807, 2.05) is 30.3 Å². The Morgan fingerprint density at radius 1 is 0.966 bits per heavy atom. The number of primary amides is 1. The summed E-state index contributed by atoms with van der Waals surface area (Å²) in [4.78, 5) is 35.3. The van der Waals surface area contributed by atoms with E-state index in [-0.39, 0.29) is 5.56 Å². The van der Waals surface area contributed by atoms with Crippen LogP contribution in [0.4, 0.5) is 5.00 Å². The first kappa shape index (κ1) is 20.1. The predicted molar refractivity (Wildman–Crippen MR) is 109 cm³/mol. The van der Waals surface area contributed by atoms with E-state index in [1.165, 1.54) is 6.07 Å². The predicted octanol–water partition coefficient (Wildman–Crippen LogP) is 3.22. The second-order valence-electron chi connectivity index (χ2n) is 5.95. The number of thiophene rings is 1. The van der Waals surface area contributed by atoms with Gasteiger partial charge in [-0.2, -0.15) is 0 Å². The van der Waals surface area contributed by atoms with Gasteiger partial charge in [-0.15, -0.1) is 11.3 Å². The number of benzene rings is 2. The molecule has 0 fully saturated rings. The van der Waals surface area contributed by atoms with E-state index in [0.717, 1.165) is 16.9 Å². The highest BCUT2D eigenvalue weighted by molar-refractivity contribution is 7.14. The highest BCUT2D eigenvalue weighted by atomic mass is 32.1. The van der Waals surface area contributed by atoms with Gasteiger partial charge in [-0.05, 0) is 41.3 Å². The lowest BCUT2D eigenvalue weighted by molar-refractivity contribution is -0.119. The van der Waals surface area contributed by atoms with Gasteiger partial charge in [0.25, 0.3) is 11.8 Å². The first-order valence-corrected chi connectivity index (χ1v) is 9.52. The molecule has 1 aromatic heterocycles. The fourth-order valence-electron chi connectivity index (χ4n) is 2.41. The maximum atomic E-state index is 12.1. The molecule has 0 unspecified atom stereocenters. The zero-order chi connectivity index (χ0) is 20.6. The van der Waals surface area contributed by atoms with Gasteiger partial charge in [0.05, 0.1) is 11.1 Å². The van der Waals surface area contributed by atoms with Gasteiger partial charge < -0.3 is 20.5 Å². The number of anilines is 1. The van der Waals surface area contributed by atoms with Crippen molar-refractivity contribution in [2.45, 2.75) is 6.61 Å². The number of carbonyl (C=O) groups excluding carboxylic acids is 3. The van der Waals surface area contributed by atoms with Crippen molar-refractivity contribution in [3.63, 3.8) is 0 Å². The van der Waals surface area contributed by atoms with E-state index in [9.17, 15) is 14.4 Å². The molecule has 2 amide bonds. The number of ether oxygens (including phenoxy) is 2. The van der Waals surface area contributed by atoms with Gasteiger partial charge >= 0.3 is 5.97 Å². The van der Waals surface area contributed by atoms with Crippen molar-refractivity contribution in [2.24, 2.45) is 5.73 Å². The zero-order valence-electron chi connectivity index (χ0n) is 15.3. The Labute approximate surface area is 171 Å². The van der Waals surface area contributed by atoms with Crippen molar-refractivity contribution in [1.82, 2.24) is 0 Å². The van der Waals surface area contributed by atoms with E-state index in [2.05, 4.69) is 5.32 Å². The minimum absolute atomic E-state index is 0.209. The number of hydrogen-bond acceptors (Lipinski definition) is 6. The van der Waals surface area contributed by atoms with Crippen LogP contribution in [0.5, 0.6) is 5.75 Å². The Morgan fingerprint density at radius 2 is 1.69 bits per heavy atom. The van der Waals surface area contributed by atoms with Gasteiger partial charge in [0.2, 0.25) is 0 Å². The van der Waals surface area contributed by atoms with Crippen molar-refractivity contribution >= 4 is 34.1 Å². The summed E-state index contributed by atoms with van der Waals surface area (Å²) in [7, 11) is 0. The zero-order valence-corrected chi connectivity index (χ0v) is 16.1. The standard InChI is InChI=1S/C21H18N2O5S/c22-19(25)17-10-11-29-20(17)23-18(24)13-28-21(26)15-6-8-16(9-7-15)27-12-14-4-2-1-3-5-14/h1-11H,12-13H2,(H2,22,25)(H,23,24). The normalized spacial score (nSPS) is 10.2. The fourth-order valence-corrected chi connectivity index (χ4v) is 3.21. The van der Waals surface area contributed by atoms with Crippen LogP contribution < -0.4 is 15.8 Å². The number of carbonyl (C=O) groups is 3. The van der Waals surface area contributed by atoms with E-state index >= 15 is 0 Å². The monoisotopic (exact) mass is 410 g/mol. The van der Waals surface area contributed by atoms with Crippen LogP contribution in [-0.2, 0) is 16.1 Å². The molecule has 0 radical (unpaired) electrons. The number of hydrogen-bond donors (Lipinski definition) is 2. The topological polar surface area (TPSA) is 108 Å². The van der Waals surface area contributed by atoms with E-state index < -0.39 is 24.4 Å². The quantitative estimate of drug-likeness (QED) is 0.555. The van der Waals surface area contributed by atoms with Crippen LogP contribution in [0.2, 0.25) is 0 Å². The molecule has 0 spiro atoms. The second-order valence-corrected chi connectivity index (χ2v) is 6.87. The molecule has 2 aromatic carbocycles. The molecule has 148 valence electrons. The van der Waals surface area contributed by atoms with Crippen molar-refractivity contribution in [3.8, 4) is 5.75 Å². The Balaban J connectivity index is 1.48. The summed E-state index contributed by atoms with van der Waals surface area (Å²) in [5.74, 6) is -1.24. The number of amides is 2. The molecule has 0 atom stereocenters. The summed E-state index contributed by atoms with van der Waals surface area (Å²) >= 11 is 1.15. The van der Waals surface area contributed by atoms with Crippen molar-refractivity contribution in [1.29, 1.82) is 0 Å². The minimum atomic E-state index is -0.645. The molecule has 0 bridgehead atoms. The van der Waals surface area contributed by atoms with Crippen LogP contribution in [0, 0.1) is 0 Å². The lowest BCUT2D eigenvalue weighted by Gasteiger charge is -2.08. The van der Waals surface area contributed by atoms with Gasteiger partial charge in [-0.1, -0.05) is 30.3 Å². The van der Waals surface area contributed by atoms with Gasteiger partial charge in [-0.3, -0.25) is 9.59 Å². The lowest BCUT2D eigenvalue weighted by atomic mass is 10.2. The molecule has 3 N–H and O–H groups in total. The smallest absolute Gasteiger partial charge is 0.338 e. The molecule has 0 aliphatic rings. The van der Waals surface area contributed by atoms with Crippen LogP contribution in [0.25, 0.3) is 0 Å². The molecule has 0 aliphatic carbocycles. The Bertz CT molecular complexity index is 999. The molecule has 1 heterocycles. The molecule has 8 heteroatoms. The molecular weight excluding hydrogens is 392 g/mol. The molecular formula is C21H18N2O5S. The summed E-state index contributed by atoms with van der Waals surface area (Å²) in [6.07, 6.45) is 0. The fraction of sp³-hybridized carbons (Fsp3) is 0.0952. The second kappa shape index (κ2) is 9.52. The van der Waals surface area contributed by atoms with Gasteiger partial charge in [-0.25, -0.2) is 4.79 Å². The molecule has 0 saturated heterocycles. The molecule has 0 saturated carbocycles. The van der Waals surface area contributed by atoms with Gasteiger partial charge in [0.1, 0.15) is 17.4 Å². The van der Waals surface area contributed by atoms with E-state index in [1.54, 1.807) is 29.6 Å². The van der Waals surface area contributed by atoms with Gasteiger partial charge in [0.15, 0.2) is 6.61 Å². The van der Waals surface area contributed by atoms with Crippen LogP contribution in [-0.4, -0.2) is 24.4 Å². The third kappa shape index (κ3) is 5.66. The molecule has 7 nitrogen and oxygen atoms in total. The number of nitrogens with two attached hydrogens (primary N) is 1. The van der Waals surface area contributed by atoms with Crippen molar-refractivity contribution in [2.75, 3.05) is 11.9 Å². The number of nitrogens with one attached hydrogen (secondary N) is 1. The first-order chi connectivity index (χ1) is 14.0. The van der Waals surface area contributed by atoms with E-state index in [0.29, 0.717) is 22.9 Å². The van der Waals surface area contributed by atoms with Crippen LogP contribution in [0.15, 0.2) is 66.0 Å². The summed E-state index contributed by atoms with van der Waals surface area (Å²) in [6.45, 7) is -0.0675. The Morgan fingerprint density at radius 3 is 2.38 bits per heavy atom. The SMILES string of the molecule is NC(=O)c1ccsc1NC(=O)COC(=O)c1ccc(OCc2ccccc2)cc1. The highest BCUT2D eigenvalue weighted by Crippen LogP contribution is 2.22. The average Bonchev–Trinajstić information content (AvgIpc) is 3.20. The van der Waals surface area contributed by atoms with Crippen LogP contribution >= 0.6 is 11.3 Å². The molecule has 0 aliphatic heterocycles. The molecule has 3 aromatic rings. The summed E-state index contributed by atoms with van der Waals surface area (Å²) in [5, 5.41) is 4.45. The van der Waals surface area contributed by atoms with Crippen LogP contribution in [0.3, 0.4) is 0 Å². The maximum Gasteiger partial charge on any atom is 0.338 e. The summed E-state index contributed by atoms with van der Waals surface area (Å²) < 4.78 is 10.7. The molecule has 3 rings (SSSR count). The van der Waals surface area contributed by atoms with Crippen molar-refractivity contribution in [3.05, 3.63) is 82.7 Å². The highest BCUT2D eigenvalue weighted by Gasteiger charge is 2.14. The van der Waals surface area contributed by atoms with E-state index in [4.69, 9.17) is 15.2 Å². The number of rotatable bonds is 8. The number of esters is 1. The minimum Gasteiger partial charge on any atom is -0.489 e. The maximum absolute atomic E-state index is 12.1.